The third-order valence-electron chi connectivity index (χ3n) is 5.02. The van der Waals surface area contributed by atoms with Crippen LogP contribution < -0.4 is 9.47 Å². The van der Waals surface area contributed by atoms with Crippen molar-refractivity contribution < 1.29 is 14.2 Å². The van der Waals surface area contributed by atoms with Gasteiger partial charge < -0.3 is 24.0 Å². The predicted molar refractivity (Wildman–Crippen MR) is 114 cm³/mol. The highest BCUT2D eigenvalue weighted by atomic mass is 16.5. The lowest BCUT2D eigenvalue weighted by Gasteiger charge is -2.27. The van der Waals surface area contributed by atoms with E-state index in [2.05, 4.69) is 55.0 Å². The first-order valence-corrected chi connectivity index (χ1v) is 10.4. The van der Waals surface area contributed by atoms with Crippen molar-refractivity contribution >= 4 is 0 Å². The Balaban J connectivity index is 2.07. The Bertz CT molecular complexity index is 560. The van der Waals surface area contributed by atoms with E-state index in [-0.39, 0.29) is 0 Å². The van der Waals surface area contributed by atoms with Gasteiger partial charge in [0.05, 0.1) is 19.8 Å². The number of nitrogens with zero attached hydrogens (tertiary/aromatic N) is 3. The lowest BCUT2D eigenvalue weighted by Crippen LogP contribution is -2.36. The molecule has 1 aromatic carbocycles. The van der Waals surface area contributed by atoms with Crippen LogP contribution in [0.3, 0.4) is 0 Å². The van der Waals surface area contributed by atoms with Crippen molar-refractivity contribution in [2.24, 2.45) is 0 Å². The Morgan fingerprint density at radius 1 is 1.07 bits per heavy atom. The summed E-state index contributed by atoms with van der Waals surface area (Å²) in [6, 6.07) is 6.19. The largest absolute Gasteiger partial charge is 0.493 e. The highest BCUT2D eigenvalue weighted by molar-refractivity contribution is 5.46. The highest BCUT2D eigenvalue weighted by Gasteiger charge is 2.21. The minimum absolute atomic E-state index is 0.345. The van der Waals surface area contributed by atoms with Gasteiger partial charge in [0.1, 0.15) is 0 Å². The van der Waals surface area contributed by atoms with E-state index in [0.717, 1.165) is 63.7 Å². The molecule has 1 aromatic rings. The van der Waals surface area contributed by atoms with Crippen molar-refractivity contribution in [2.75, 3.05) is 74.7 Å². The molecule has 1 heterocycles. The molecule has 1 aliphatic rings. The monoisotopic (exact) mass is 393 g/mol. The quantitative estimate of drug-likeness (QED) is 0.480. The molecule has 6 nitrogen and oxygen atoms in total. The molecule has 0 aromatic heterocycles. The van der Waals surface area contributed by atoms with E-state index in [9.17, 15) is 0 Å². The van der Waals surface area contributed by atoms with Crippen LogP contribution in [0.25, 0.3) is 0 Å². The zero-order valence-corrected chi connectivity index (χ0v) is 18.4. The minimum atomic E-state index is 0.345. The maximum Gasteiger partial charge on any atom is 0.165 e. The lowest BCUT2D eigenvalue weighted by atomic mass is 10.1. The average Bonchev–Trinajstić information content (AvgIpc) is 3.16. The summed E-state index contributed by atoms with van der Waals surface area (Å²) in [5.74, 6) is 1.69. The third kappa shape index (κ3) is 7.95. The van der Waals surface area contributed by atoms with Crippen molar-refractivity contribution in [3.63, 3.8) is 0 Å². The summed E-state index contributed by atoms with van der Waals surface area (Å²) in [5, 5.41) is 0. The number of hydrogen-bond acceptors (Lipinski definition) is 6. The molecule has 0 radical (unpaired) electrons. The van der Waals surface area contributed by atoms with Crippen LogP contribution in [0.4, 0.5) is 0 Å². The first kappa shape index (κ1) is 22.9. The molecule has 0 aliphatic carbocycles. The zero-order chi connectivity index (χ0) is 20.4. The van der Waals surface area contributed by atoms with Gasteiger partial charge in [0.2, 0.25) is 0 Å². The molecule has 1 atom stereocenters. The second-order valence-electron chi connectivity index (χ2n) is 8.13. The van der Waals surface area contributed by atoms with Gasteiger partial charge in [-0.3, -0.25) is 4.90 Å². The van der Waals surface area contributed by atoms with Gasteiger partial charge in [-0.1, -0.05) is 12.1 Å². The van der Waals surface area contributed by atoms with Crippen molar-refractivity contribution in [1.29, 1.82) is 0 Å². The molecule has 0 N–H and O–H groups in total. The molecular formula is C22H39N3O3. The maximum atomic E-state index is 6.19. The smallest absolute Gasteiger partial charge is 0.165 e. The maximum absolute atomic E-state index is 6.19. The average molecular weight is 394 g/mol. The molecule has 6 heteroatoms. The Labute approximate surface area is 171 Å². The minimum Gasteiger partial charge on any atom is -0.493 e. The Morgan fingerprint density at radius 3 is 2.50 bits per heavy atom. The summed E-state index contributed by atoms with van der Waals surface area (Å²) in [6.07, 6.45) is 3.66. The number of benzene rings is 1. The summed E-state index contributed by atoms with van der Waals surface area (Å²) in [7, 11) is 10.1. The topological polar surface area (TPSA) is 37.4 Å². The van der Waals surface area contributed by atoms with Gasteiger partial charge >= 0.3 is 0 Å². The molecule has 1 fully saturated rings. The fourth-order valence-electron chi connectivity index (χ4n) is 3.46. The van der Waals surface area contributed by atoms with E-state index in [1.807, 2.05) is 6.07 Å². The van der Waals surface area contributed by atoms with Crippen molar-refractivity contribution in [1.82, 2.24) is 14.7 Å². The van der Waals surface area contributed by atoms with Gasteiger partial charge in [0.25, 0.3) is 0 Å². The molecule has 0 amide bonds. The van der Waals surface area contributed by atoms with Crippen LogP contribution in [0.1, 0.15) is 24.8 Å². The predicted octanol–water partition coefficient (Wildman–Crippen LogP) is 2.57. The number of likely N-dealkylation sites (N-methyl/N-ethyl adjacent to an activating group) is 1. The van der Waals surface area contributed by atoms with Crippen LogP contribution in [-0.4, -0.2) is 95.5 Å². The van der Waals surface area contributed by atoms with Crippen molar-refractivity contribution in [3.05, 3.63) is 23.8 Å². The molecule has 1 unspecified atom stereocenters. The van der Waals surface area contributed by atoms with Gasteiger partial charge in [-0.05, 0) is 53.5 Å². The second-order valence-corrected chi connectivity index (χ2v) is 8.13. The van der Waals surface area contributed by atoms with Crippen LogP contribution in [-0.2, 0) is 11.3 Å². The Kier molecular flexibility index (Phi) is 10.1. The lowest BCUT2D eigenvalue weighted by molar-refractivity contribution is 0.0678. The number of hydrogen-bond donors (Lipinski definition) is 0. The Hall–Kier alpha value is -1.34. The summed E-state index contributed by atoms with van der Waals surface area (Å²) in [6.45, 7) is 6.43. The van der Waals surface area contributed by atoms with Crippen molar-refractivity contribution in [3.8, 4) is 11.5 Å². The highest BCUT2D eigenvalue weighted by Crippen LogP contribution is 2.32. The molecule has 0 bridgehead atoms. The van der Waals surface area contributed by atoms with Crippen LogP contribution in [0.2, 0.25) is 0 Å². The second kappa shape index (κ2) is 12.3. The van der Waals surface area contributed by atoms with Crippen molar-refractivity contribution in [2.45, 2.75) is 31.9 Å². The van der Waals surface area contributed by atoms with Gasteiger partial charge in [0.15, 0.2) is 11.5 Å². The van der Waals surface area contributed by atoms with Gasteiger partial charge in [-0.25, -0.2) is 0 Å². The number of ether oxygens (including phenoxy) is 3. The molecule has 160 valence electrons. The van der Waals surface area contributed by atoms with E-state index >= 15 is 0 Å². The van der Waals surface area contributed by atoms with E-state index < -0.39 is 0 Å². The van der Waals surface area contributed by atoms with E-state index in [4.69, 9.17) is 14.2 Å². The standard InChI is InChI=1S/C22H39N3O3/c1-23(2)12-8-16-28-22-19(9-6-11-21(22)26-5)17-25(14-13-24(3)4)18-20-10-7-15-27-20/h6,9,11,20H,7-8,10,12-18H2,1-5H3. The fourth-order valence-corrected chi connectivity index (χ4v) is 3.46. The molecule has 28 heavy (non-hydrogen) atoms. The fraction of sp³-hybridized carbons (Fsp3) is 0.727. The van der Waals surface area contributed by atoms with E-state index in [0.29, 0.717) is 12.7 Å². The first-order chi connectivity index (χ1) is 13.5. The summed E-state index contributed by atoms with van der Waals surface area (Å²) in [5.41, 5.74) is 1.18. The summed E-state index contributed by atoms with van der Waals surface area (Å²) in [4.78, 5) is 6.89. The molecule has 2 rings (SSSR count). The molecular weight excluding hydrogens is 354 g/mol. The SMILES string of the molecule is COc1cccc(CN(CCN(C)C)CC2CCCO2)c1OCCCN(C)C. The van der Waals surface area contributed by atoms with E-state index in [1.165, 1.54) is 12.0 Å². The zero-order valence-electron chi connectivity index (χ0n) is 18.4. The molecule has 1 saturated heterocycles. The number of methoxy groups -OCH3 is 1. The Morgan fingerprint density at radius 2 is 1.86 bits per heavy atom. The van der Waals surface area contributed by atoms with Crippen LogP contribution >= 0.6 is 0 Å². The normalized spacial score (nSPS) is 17.1. The summed E-state index contributed by atoms with van der Waals surface area (Å²) < 4.78 is 17.7. The molecule has 1 aliphatic heterocycles. The van der Waals surface area contributed by atoms with Gasteiger partial charge in [0, 0.05) is 44.9 Å². The van der Waals surface area contributed by atoms with Gasteiger partial charge in [-0.2, -0.15) is 0 Å². The van der Waals surface area contributed by atoms with Crippen LogP contribution in [0.5, 0.6) is 11.5 Å². The van der Waals surface area contributed by atoms with Crippen LogP contribution in [0.15, 0.2) is 18.2 Å². The van der Waals surface area contributed by atoms with E-state index in [1.54, 1.807) is 7.11 Å². The number of rotatable bonds is 13. The molecule has 0 saturated carbocycles. The summed E-state index contributed by atoms with van der Waals surface area (Å²) >= 11 is 0. The molecule has 0 spiro atoms. The number of para-hydroxylation sites is 1. The first-order valence-electron chi connectivity index (χ1n) is 10.4. The van der Waals surface area contributed by atoms with Crippen LogP contribution in [0, 0.1) is 0 Å². The van der Waals surface area contributed by atoms with Gasteiger partial charge in [-0.15, -0.1) is 0 Å². The third-order valence-corrected chi connectivity index (χ3v) is 5.02.